The molecule has 2 heterocycles. The Morgan fingerprint density at radius 3 is 2.44 bits per heavy atom. The smallest absolute Gasteiger partial charge is 0.268 e. The van der Waals surface area contributed by atoms with Gasteiger partial charge in [0.25, 0.3) is 11.1 Å². The minimum absolute atomic E-state index is 0.232. The summed E-state index contributed by atoms with van der Waals surface area (Å²) in [6.45, 7) is 0.295. The molecule has 0 unspecified atom stereocenters. The zero-order chi connectivity index (χ0) is 18.8. The molecule has 1 fully saturated rings. The first kappa shape index (κ1) is 18.0. The van der Waals surface area contributed by atoms with E-state index in [1.54, 1.807) is 6.08 Å². The van der Waals surface area contributed by atoms with Crippen molar-refractivity contribution < 1.29 is 9.59 Å². The predicted molar refractivity (Wildman–Crippen MR) is 113 cm³/mol. The zero-order valence-corrected chi connectivity index (χ0v) is 16.5. The lowest BCUT2D eigenvalue weighted by molar-refractivity contribution is -0.123. The molecule has 2 aromatic carbocycles. The van der Waals surface area contributed by atoms with E-state index in [1.165, 1.54) is 16.2 Å². The topological polar surface area (TPSA) is 37.4 Å². The third-order valence-electron chi connectivity index (χ3n) is 4.13. The van der Waals surface area contributed by atoms with Gasteiger partial charge in [0.1, 0.15) is 0 Å². The minimum Gasteiger partial charge on any atom is -0.268 e. The molecule has 3 aromatic rings. The van der Waals surface area contributed by atoms with Gasteiger partial charge in [-0.3, -0.25) is 14.5 Å². The van der Waals surface area contributed by atoms with Gasteiger partial charge in [0.15, 0.2) is 0 Å². The fourth-order valence-corrected chi connectivity index (χ4v) is 4.63. The molecule has 0 aliphatic carbocycles. The highest BCUT2D eigenvalue weighted by atomic mass is 35.5. The van der Waals surface area contributed by atoms with E-state index < -0.39 is 0 Å². The molecule has 0 spiro atoms. The molecule has 0 N–H and O–H groups in total. The number of benzene rings is 2. The number of halogens is 1. The van der Waals surface area contributed by atoms with Crippen LogP contribution in [0, 0.1) is 0 Å². The molecule has 1 aliphatic heterocycles. The van der Waals surface area contributed by atoms with Gasteiger partial charge >= 0.3 is 0 Å². The van der Waals surface area contributed by atoms with Gasteiger partial charge in [0.05, 0.1) is 11.4 Å². The van der Waals surface area contributed by atoms with Crippen molar-refractivity contribution in [2.24, 2.45) is 0 Å². The highest BCUT2D eigenvalue weighted by Crippen LogP contribution is 2.35. The molecular formula is C21H14ClNO2S2. The molecular weight excluding hydrogens is 398 g/mol. The van der Waals surface area contributed by atoms with Crippen molar-refractivity contribution in [3.05, 3.63) is 86.4 Å². The van der Waals surface area contributed by atoms with Crippen LogP contribution in [0.4, 0.5) is 4.79 Å². The van der Waals surface area contributed by atoms with E-state index in [0.717, 1.165) is 33.3 Å². The average molecular weight is 412 g/mol. The van der Waals surface area contributed by atoms with Crippen LogP contribution in [-0.4, -0.2) is 16.0 Å². The lowest BCUT2D eigenvalue weighted by Gasteiger charge is -2.11. The molecule has 1 aliphatic rings. The predicted octanol–water partition coefficient (Wildman–Crippen LogP) is 6.31. The van der Waals surface area contributed by atoms with Gasteiger partial charge in [-0.25, -0.2) is 0 Å². The highest BCUT2D eigenvalue weighted by molar-refractivity contribution is 8.18. The monoisotopic (exact) mass is 411 g/mol. The van der Waals surface area contributed by atoms with Crippen molar-refractivity contribution >= 4 is 51.9 Å². The second kappa shape index (κ2) is 7.72. The van der Waals surface area contributed by atoms with Gasteiger partial charge < -0.3 is 0 Å². The number of amides is 2. The SMILES string of the molecule is O=C1S/C(=C\c2cc(-c3ccc(Cl)cc3)cs2)C(=O)N1Cc1ccccc1. The van der Waals surface area contributed by atoms with Gasteiger partial charge in [-0.05, 0) is 58.1 Å². The normalized spacial score (nSPS) is 15.7. The van der Waals surface area contributed by atoms with Crippen molar-refractivity contribution in [2.75, 3.05) is 0 Å². The molecule has 0 atom stereocenters. The van der Waals surface area contributed by atoms with E-state index in [4.69, 9.17) is 11.6 Å². The van der Waals surface area contributed by atoms with E-state index in [-0.39, 0.29) is 11.1 Å². The van der Waals surface area contributed by atoms with Crippen LogP contribution in [0.1, 0.15) is 10.4 Å². The van der Waals surface area contributed by atoms with E-state index in [9.17, 15) is 9.59 Å². The number of hydrogen-bond donors (Lipinski definition) is 0. The minimum atomic E-state index is -0.240. The van der Waals surface area contributed by atoms with Crippen molar-refractivity contribution in [1.82, 2.24) is 4.90 Å². The van der Waals surface area contributed by atoms with E-state index in [2.05, 4.69) is 0 Å². The fraction of sp³-hybridized carbons (Fsp3) is 0.0476. The van der Waals surface area contributed by atoms with Crippen molar-refractivity contribution in [3.63, 3.8) is 0 Å². The molecule has 4 rings (SSSR count). The Kier molecular flexibility index (Phi) is 5.16. The summed E-state index contributed by atoms with van der Waals surface area (Å²) in [6, 6.07) is 19.2. The van der Waals surface area contributed by atoms with Crippen LogP contribution in [0.2, 0.25) is 5.02 Å². The summed E-state index contributed by atoms with van der Waals surface area (Å²) < 4.78 is 0. The molecule has 0 radical (unpaired) electrons. The molecule has 6 heteroatoms. The van der Waals surface area contributed by atoms with Gasteiger partial charge in [-0.15, -0.1) is 11.3 Å². The van der Waals surface area contributed by atoms with Crippen LogP contribution in [0.15, 0.2) is 70.9 Å². The maximum atomic E-state index is 12.6. The third kappa shape index (κ3) is 4.00. The summed E-state index contributed by atoms with van der Waals surface area (Å²) in [5.74, 6) is -0.240. The third-order valence-corrected chi connectivity index (χ3v) is 6.17. The summed E-state index contributed by atoms with van der Waals surface area (Å²) in [4.78, 5) is 27.6. The number of hydrogen-bond acceptors (Lipinski definition) is 4. The first-order valence-electron chi connectivity index (χ1n) is 8.24. The molecule has 0 saturated carbocycles. The Morgan fingerprint density at radius 2 is 1.70 bits per heavy atom. The number of imide groups is 1. The molecule has 2 amide bonds. The van der Waals surface area contributed by atoms with Crippen LogP contribution in [0.25, 0.3) is 17.2 Å². The molecule has 1 saturated heterocycles. The Labute approximate surface area is 170 Å². The second-order valence-corrected chi connectivity index (χ2v) is 8.37. The number of nitrogens with zero attached hydrogens (tertiary/aromatic N) is 1. The van der Waals surface area contributed by atoms with Gasteiger partial charge in [-0.1, -0.05) is 54.1 Å². The summed E-state index contributed by atoms with van der Waals surface area (Å²) in [5, 5.41) is 2.49. The average Bonchev–Trinajstić information content (AvgIpc) is 3.24. The largest absolute Gasteiger partial charge is 0.293 e. The van der Waals surface area contributed by atoms with E-state index in [0.29, 0.717) is 16.5 Å². The standard InChI is InChI=1S/C21H14ClNO2S2/c22-17-8-6-15(7-9-17)16-10-18(26-13-16)11-19-20(24)23(21(25)27-19)12-14-4-2-1-3-5-14/h1-11,13H,12H2/b19-11-. The molecule has 3 nitrogen and oxygen atoms in total. The number of carbonyl (C=O) groups is 2. The van der Waals surface area contributed by atoms with E-state index >= 15 is 0 Å². The molecule has 27 heavy (non-hydrogen) atoms. The Balaban J connectivity index is 1.53. The Bertz CT molecular complexity index is 1030. The number of thiophene rings is 1. The lowest BCUT2D eigenvalue weighted by atomic mass is 10.1. The zero-order valence-electron chi connectivity index (χ0n) is 14.1. The Hall–Kier alpha value is -2.34. The summed E-state index contributed by atoms with van der Waals surface area (Å²) in [7, 11) is 0. The van der Waals surface area contributed by atoms with Crippen LogP contribution < -0.4 is 0 Å². The van der Waals surface area contributed by atoms with Crippen molar-refractivity contribution in [3.8, 4) is 11.1 Å². The van der Waals surface area contributed by atoms with Crippen molar-refractivity contribution in [1.29, 1.82) is 0 Å². The molecule has 1 aromatic heterocycles. The first-order chi connectivity index (χ1) is 13.1. The quantitative estimate of drug-likeness (QED) is 0.472. The van der Waals surface area contributed by atoms with Crippen LogP contribution in [-0.2, 0) is 11.3 Å². The second-order valence-electron chi connectivity index (χ2n) is 6.00. The highest BCUT2D eigenvalue weighted by Gasteiger charge is 2.35. The van der Waals surface area contributed by atoms with Crippen molar-refractivity contribution in [2.45, 2.75) is 6.54 Å². The summed E-state index contributed by atoms with van der Waals surface area (Å²) in [5.41, 5.74) is 3.06. The number of carbonyl (C=O) groups excluding carboxylic acids is 2. The van der Waals surface area contributed by atoms with Crippen LogP contribution in [0.3, 0.4) is 0 Å². The first-order valence-corrected chi connectivity index (χ1v) is 10.3. The number of rotatable bonds is 4. The lowest BCUT2D eigenvalue weighted by Crippen LogP contribution is -2.27. The maximum absolute atomic E-state index is 12.6. The van der Waals surface area contributed by atoms with Gasteiger partial charge in [-0.2, -0.15) is 0 Å². The molecule has 0 bridgehead atoms. The van der Waals surface area contributed by atoms with Crippen LogP contribution >= 0.6 is 34.7 Å². The number of thioether (sulfide) groups is 1. The Morgan fingerprint density at radius 1 is 0.963 bits per heavy atom. The van der Waals surface area contributed by atoms with Crippen LogP contribution in [0.5, 0.6) is 0 Å². The summed E-state index contributed by atoms with van der Waals surface area (Å²) in [6.07, 6.45) is 1.79. The van der Waals surface area contributed by atoms with Gasteiger partial charge in [0.2, 0.25) is 0 Å². The maximum Gasteiger partial charge on any atom is 0.293 e. The fourth-order valence-electron chi connectivity index (χ4n) is 2.75. The molecule has 134 valence electrons. The summed E-state index contributed by atoms with van der Waals surface area (Å²) >= 11 is 8.47. The van der Waals surface area contributed by atoms with E-state index in [1.807, 2.05) is 66.0 Å². The van der Waals surface area contributed by atoms with Gasteiger partial charge in [0, 0.05) is 9.90 Å².